The van der Waals surface area contributed by atoms with Crippen LogP contribution in [0.1, 0.15) is 22.6 Å². The molecule has 1 aromatic heterocycles. The minimum atomic E-state index is -0.711. The van der Waals surface area contributed by atoms with Gasteiger partial charge in [-0.3, -0.25) is 4.79 Å². The minimum Gasteiger partial charge on any atom is -0.361 e. The molecule has 0 atom stereocenters. The average Bonchev–Trinajstić information content (AvgIpc) is 2.78. The molecule has 1 amide bonds. The molecule has 0 aliphatic heterocycles. The molecule has 0 saturated heterocycles. The van der Waals surface area contributed by atoms with Crippen molar-refractivity contribution in [1.82, 2.24) is 10.1 Å². The summed E-state index contributed by atoms with van der Waals surface area (Å²) in [7, 11) is 1.59. The number of halogens is 2. The molecule has 6 heteroatoms. The topological polar surface area (TPSA) is 46.3 Å². The molecule has 22 heavy (non-hydrogen) atoms. The number of aromatic nitrogens is 1. The third-order valence-corrected chi connectivity index (χ3v) is 3.35. The molecule has 1 aromatic carbocycles. The molecule has 4 nitrogen and oxygen atoms in total. The third kappa shape index (κ3) is 3.39. The lowest BCUT2D eigenvalue weighted by atomic mass is 10.1. The number of likely N-dealkylation sites (N-methyl/N-ethyl adjacent to an activating group) is 1. The van der Waals surface area contributed by atoms with Crippen LogP contribution >= 0.6 is 0 Å². The molecule has 0 aliphatic carbocycles. The quantitative estimate of drug-likeness (QED) is 0.815. The summed E-state index contributed by atoms with van der Waals surface area (Å²) < 4.78 is 32.0. The van der Waals surface area contributed by atoms with E-state index < -0.39 is 11.6 Å². The molecule has 0 N–H and O–H groups in total. The number of amides is 1. The molecule has 0 fully saturated rings. The highest BCUT2D eigenvalue weighted by Crippen LogP contribution is 2.16. The Labute approximate surface area is 127 Å². The number of hydrogen-bond donors (Lipinski definition) is 0. The van der Waals surface area contributed by atoms with Crippen LogP contribution in [0.2, 0.25) is 0 Å². The maximum Gasteiger partial charge on any atom is 0.246 e. The predicted molar refractivity (Wildman–Crippen MR) is 77.8 cm³/mol. The van der Waals surface area contributed by atoms with Crippen LogP contribution in [0.15, 0.2) is 28.8 Å². The average molecular weight is 306 g/mol. The van der Waals surface area contributed by atoms with Crippen LogP contribution in [-0.2, 0) is 11.3 Å². The monoisotopic (exact) mass is 306 g/mol. The smallest absolute Gasteiger partial charge is 0.246 e. The Hall–Kier alpha value is -2.50. The van der Waals surface area contributed by atoms with Gasteiger partial charge in [-0.1, -0.05) is 11.2 Å². The second-order valence-corrected chi connectivity index (χ2v) is 4.97. The SMILES string of the molecule is Cc1noc(C)c1CN(C)C(=O)C=Cc1c(F)cccc1F. The lowest BCUT2D eigenvalue weighted by Crippen LogP contribution is -2.24. The molecule has 116 valence electrons. The summed E-state index contributed by atoms with van der Waals surface area (Å²) in [5.74, 6) is -1.15. The van der Waals surface area contributed by atoms with Crippen LogP contribution in [0.25, 0.3) is 6.08 Å². The number of hydrogen-bond acceptors (Lipinski definition) is 3. The van der Waals surface area contributed by atoms with Gasteiger partial charge in [0.05, 0.1) is 12.2 Å². The normalized spacial score (nSPS) is 11.1. The number of nitrogens with zero attached hydrogens (tertiary/aromatic N) is 2. The van der Waals surface area contributed by atoms with E-state index in [0.717, 1.165) is 29.8 Å². The molecule has 0 bridgehead atoms. The van der Waals surface area contributed by atoms with E-state index in [0.29, 0.717) is 18.0 Å². The molecule has 0 radical (unpaired) electrons. The Bertz CT molecular complexity index is 683. The van der Waals surface area contributed by atoms with Gasteiger partial charge in [-0.05, 0) is 32.1 Å². The van der Waals surface area contributed by atoms with Gasteiger partial charge in [-0.2, -0.15) is 0 Å². The summed E-state index contributed by atoms with van der Waals surface area (Å²) in [5.41, 5.74) is 1.30. The molecule has 0 spiro atoms. The van der Waals surface area contributed by atoms with Gasteiger partial charge in [0.2, 0.25) is 5.91 Å². The summed E-state index contributed by atoms with van der Waals surface area (Å²) in [6.45, 7) is 3.86. The van der Waals surface area contributed by atoms with Gasteiger partial charge in [-0.25, -0.2) is 8.78 Å². The van der Waals surface area contributed by atoms with Crippen LogP contribution in [0.5, 0.6) is 0 Å². The number of aryl methyl sites for hydroxylation is 2. The summed E-state index contributed by atoms with van der Waals surface area (Å²) in [6, 6.07) is 3.55. The molecule has 2 aromatic rings. The van der Waals surface area contributed by atoms with Crippen molar-refractivity contribution >= 4 is 12.0 Å². The molecule has 0 saturated carbocycles. The Kier molecular flexibility index (Phi) is 4.70. The van der Waals surface area contributed by atoms with E-state index in [1.165, 1.54) is 11.0 Å². The van der Waals surface area contributed by atoms with E-state index in [2.05, 4.69) is 5.16 Å². The zero-order valence-corrected chi connectivity index (χ0v) is 12.6. The van der Waals surface area contributed by atoms with E-state index in [9.17, 15) is 13.6 Å². The zero-order chi connectivity index (χ0) is 16.3. The summed E-state index contributed by atoms with van der Waals surface area (Å²) in [5, 5.41) is 3.82. The van der Waals surface area contributed by atoms with Crippen molar-refractivity contribution in [2.45, 2.75) is 20.4 Å². The molecular weight excluding hydrogens is 290 g/mol. The van der Waals surface area contributed by atoms with Gasteiger partial charge in [0.15, 0.2) is 0 Å². The van der Waals surface area contributed by atoms with Crippen LogP contribution in [-0.4, -0.2) is 23.0 Å². The largest absolute Gasteiger partial charge is 0.361 e. The van der Waals surface area contributed by atoms with Crippen molar-refractivity contribution in [2.75, 3.05) is 7.05 Å². The third-order valence-electron chi connectivity index (χ3n) is 3.35. The van der Waals surface area contributed by atoms with Crippen molar-refractivity contribution < 1.29 is 18.1 Å². The van der Waals surface area contributed by atoms with Gasteiger partial charge < -0.3 is 9.42 Å². The maximum absolute atomic E-state index is 13.5. The standard InChI is InChI=1S/C16H16F2N2O2/c1-10-13(11(2)22-19-10)9-20(3)16(21)8-7-12-14(17)5-4-6-15(12)18/h4-8H,9H2,1-3H3. The van der Waals surface area contributed by atoms with Crippen molar-refractivity contribution in [3.05, 3.63) is 58.5 Å². The maximum atomic E-state index is 13.5. The van der Waals surface area contributed by atoms with Gasteiger partial charge in [-0.15, -0.1) is 0 Å². The fourth-order valence-electron chi connectivity index (χ4n) is 1.99. The Morgan fingerprint density at radius 2 is 1.95 bits per heavy atom. The first kappa shape index (κ1) is 15.9. The van der Waals surface area contributed by atoms with Gasteiger partial charge in [0.1, 0.15) is 17.4 Å². The van der Waals surface area contributed by atoms with E-state index >= 15 is 0 Å². The first-order valence-corrected chi connectivity index (χ1v) is 6.69. The van der Waals surface area contributed by atoms with Crippen LogP contribution < -0.4 is 0 Å². The van der Waals surface area contributed by atoms with Crippen LogP contribution in [0.4, 0.5) is 8.78 Å². The molecule has 2 rings (SSSR count). The number of rotatable bonds is 4. The van der Waals surface area contributed by atoms with Gasteiger partial charge >= 0.3 is 0 Å². The predicted octanol–water partition coefficient (Wildman–Crippen LogP) is 3.24. The highest BCUT2D eigenvalue weighted by Gasteiger charge is 2.14. The summed E-state index contributed by atoms with van der Waals surface area (Å²) in [6.07, 6.45) is 2.27. The second-order valence-electron chi connectivity index (χ2n) is 4.97. The van der Waals surface area contributed by atoms with Crippen molar-refractivity contribution in [2.24, 2.45) is 0 Å². The van der Waals surface area contributed by atoms with Gasteiger partial charge in [0.25, 0.3) is 0 Å². The lowest BCUT2D eigenvalue weighted by Gasteiger charge is -2.14. The van der Waals surface area contributed by atoms with Crippen molar-refractivity contribution in [3.8, 4) is 0 Å². The fourth-order valence-corrected chi connectivity index (χ4v) is 1.99. The molecule has 1 heterocycles. The Morgan fingerprint density at radius 3 is 2.50 bits per heavy atom. The van der Waals surface area contributed by atoms with Crippen LogP contribution in [0.3, 0.4) is 0 Å². The van der Waals surface area contributed by atoms with E-state index in [-0.39, 0.29) is 11.5 Å². The first-order chi connectivity index (χ1) is 10.4. The minimum absolute atomic E-state index is 0.235. The summed E-state index contributed by atoms with van der Waals surface area (Å²) in [4.78, 5) is 13.4. The van der Waals surface area contributed by atoms with Crippen molar-refractivity contribution in [1.29, 1.82) is 0 Å². The molecular formula is C16H16F2N2O2. The number of carbonyl (C=O) groups excluding carboxylic acids is 1. The molecule has 0 unspecified atom stereocenters. The molecule has 0 aliphatic rings. The van der Waals surface area contributed by atoms with E-state index in [4.69, 9.17) is 4.52 Å². The number of benzene rings is 1. The van der Waals surface area contributed by atoms with E-state index in [1.54, 1.807) is 20.9 Å². The second kappa shape index (κ2) is 6.51. The summed E-state index contributed by atoms with van der Waals surface area (Å²) >= 11 is 0. The number of carbonyl (C=O) groups is 1. The van der Waals surface area contributed by atoms with E-state index in [1.807, 2.05) is 0 Å². The fraction of sp³-hybridized carbons (Fsp3) is 0.250. The lowest BCUT2D eigenvalue weighted by molar-refractivity contribution is -0.125. The van der Waals surface area contributed by atoms with Crippen LogP contribution in [0, 0.1) is 25.5 Å². The van der Waals surface area contributed by atoms with Gasteiger partial charge in [0, 0.05) is 24.3 Å². The highest BCUT2D eigenvalue weighted by molar-refractivity contribution is 5.91. The van der Waals surface area contributed by atoms with Crippen molar-refractivity contribution in [3.63, 3.8) is 0 Å². The Balaban J connectivity index is 2.10. The highest BCUT2D eigenvalue weighted by atomic mass is 19.1. The Morgan fingerprint density at radius 1 is 1.32 bits per heavy atom. The zero-order valence-electron chi connectivity index (χ0n) is 12.6. The first-order valence-electron chi connectivity index (χ1n) is 6.69.